The highest BCUT2D eigenvalue weighted by molar-refractivity contribution is 7.89. The van der Waals surface area contributed by atoms with Crippen LogP contribution in [-0.2, 0) is 14.8 Å². The summed E-state index contributed by atoms with van der Waals surface area (Å²) in [6.45, 7) is 0.515. The molecule has 2 N–H and O–H groups in total. The molecule has 1 saturated heterocycles. The van der Waals surface area contributed by atoms with Crippen LogP contribution < -0.4 is 10.6 Å². The van der Waals surface area contributed by atoms with Gasteiger partial charge in [0.15, 0.2) is 0 Å². The fourth-order valence-electron chi connectivity index (χ4n) is 4.65. The number of amides is 2. The third-order valence-electron chi connectivity index (χ3n) is 6.51. The Morgan fingerprint density at radius 3 is 2.30 bits per heavy atom. The Balaban J connectivity index is 1.43. The maximum absolute atomic E-state index is 13.1. The molecule has 2 aromatic carbocycles. The first-order chi connectivity index (χ1) is 15.9. The normalized spacial score (nSPS) is 20.2. The molecule has 8 heteroatoms. The van der Waals surface area contributed by atoms with E-state index in [-0.39, 0.29) is 29.3 Å². The second-order valence-electron chi connectivity index (χ2n) is 8.86. The number of hydrogen-bond acceptors (Lipinski definition) is 4. The van der Waals surface area contributed by atoms with Gasteiger partial charge in [0, 0.05) is 19.1 Å². The lowest BCUT2D eigenvalue weighted by Crippen LogP contribution is -2.43. The number of sulfonamides is 1. The van der Waals surface area contributed by atoms with Gasteiger partial charge in [0.05, 0.1) is 22.1 Å². The maximum atomic E-state index is 13.1. The second-order valence-corrected chi connectivity index (χ2v) is 10.8. The van der Waals surface area contributed by atoms with Crippen LogP contribution in [0.25, 0.3) is 0 Å². The fourth-order valence-corrected chi connectivity index (χ4v) is 6.20. The molecule has 1 saturated carbocycles. The first-order valence-electron chi connectivity index (χ1n) is 11.7. The van der Waals surface area contributed by atoms with Crippen LogP contribution in [0.5, 0.6) is 0 Å². The molecule has 0 aromatic heterocycles. The molecule has 7 nitrogen and oxygen atoms in total. The van der Waals surface area contributed by atoms with Gasteiger partial charge in [-0.2, -0.15) is 4.31 Å². The summed E-state index contributed by atoms with van der Waals surface area (Å²) in [7, 11) is -3.65. The molecule has 1 atom stereocenters. The molecule has 4 rings (SSSR count). The molecule has 2 amide bonds. The molecule has 0 spiro atoms. The van der Waals surface area contributed by atoms with Gasteiger partial charge in [-0.3, -0.25) is 9.59 Å². The van der Waals surface area contributed by atoms with Crippen LogP contribution in [0.4, 0.5) is 5.69 Å². The summed E-state index contributed by atoms with van der Waals surface area (Å²) in [6, 6.07) is 15.4. The quantitative estimate of drug-likeness (QED) is 0.673. The topological polar surface area (TPSA) is 95.6 Å². The zero-order chi connectivity index (χ0) is 23.3. The van der Waals surface area contributed by atoms with Crippen LogP contribution in [0.2, 0.25) is 0 Å². The number of nitrogens with one attached hydrogen (secondary N) is 2. The average Bonchev–Trinajstić information content (AvgIpc) is 2.85. The van der Waals surface area contributed by atoms with Crippen molar-refractivity contribution < 1.29 is 18.0 Å². The largest absolute Gasteiger partial charge is 0.349 e. The number of piperidine rings is 1. The van der Waals surface area contributed by atoms with Crippen molar-refractivity contribution in [1.29, 1.82) is 0 Å². The van der Waals surface area contributed by atoms with E-state index in [0.29, 0.717) is 30.6 Å². The second kappa shape index (κ2) is 10.5. The highest BCUT2D eigenvalue weighted by atomic mass is 32.2. The van der Waals surface area contributed by atoms with Gasteiger partial charge in [-0.05, 0) is 49.9 Å². The molecule has 1 heterocycles. The van der Waals surface area contributed by atoms with E-state index in [4.69, 9.17) is 0 Å². The Labute approximate surface area is 195 Å². The monoisotopic (exact) mass is 469 g/mol. The minimum absolute atomic E-state index is 0.125. The van der Waals surface area contributed by atoms with Crippen molar-refractivity contribution >= 4 is 27.5 Å². The molecule has 0 unspecified atom stereocenters. The van der Waals surface area contributed by atoms with E-state index in [9.17, 15) is 18.0 Å². The van der Waals surface area contributed by atoms with E-state index in [1.807, 2.05) is 0 Å². The summed E-state index contributed by atoms with van der Waals surface area (Å²) in [4.78, 5) is 26.2. The van der Waals surface area contributed by atoms with Crippen molar-refractivity contribution in [3.05, 3.63) is 60.2 Å². The van der Waals surface area contributed by atoms with Crippen molar-refractivity contribution in [2.24, 2.45) is 5.92 Å². The van der Waals surface area contributed by atoms with Crippen LogP contribution in [0.1, 0.15) is 55.3 Å². The smallest absolute Gasteiger partial charge is 0.253 e. The lowest BCUT2D eigenvalue weighted by Gasteiger charge is -2.31. The number of benzene rings is 2. The van der Waals surface area contributed by atoms with Gasteiger partial charge < -0.3 is 10.6 Å². The van der Waals surface area contributed by atoms with Crippen molar-refractivity contribution in [2.75, 3.05) is 18.4 Å². The van der Waals surface area contributed by atoms with Crippen LogP contribution in [0, 0.1) is 5.92 Å². The van der Waals surface area contributed by atoms with E-state index in [1.54, 1.807) is 54.6 Å². The number of hydrogen-bond donors (Lipinski definition) is 2. The molecule has 0 radical (unpaired) electrons. The summed E-state index contributed by atoms with van der Waals surface area (Å²) in [5.74, 6) is -0.928. The van der Waals surface area contributed by atoms with Gasteiger partial charge in [-0.15, -0.1) is 0 Å². The van der Waals surface area contributed by atoms with E-state index in [1.165, 1.54) is 10.7 Å². The Bertz CT molecular complexity index is 1080. The van der Waals surface area contributed by atoms with Crippen molar-refractivity contribution in [3.63, 3.8) is 0 Å². The third-order valence-corrected chi connectivity index (χ3v) is 8.39. The number of carbonyl (C=O) groups is 2. The standard InChI is InChI=1S/C25H31N3O4S/c29-24(19-10-9-17-28(18-19)33(31,32)21-13-5-2-6-14-21)27-23-16-8-7-15-22(23)25(30)26-20-11-3-1-4-12-20/h2,5-8,13-16,19-20H,1,3-4,9-12,17-18H2,(H,26,30)(H,27,29)/t19-/m0/s1. The van der Waals surface area contributed by atoms with Crippen LogP contribution in [0.3, 0.4) is 0 Å². The summed E-state index contributed by atoms with van der Waals surface area (Å²) < 4.78 is 27.4. The number of anilines is 1. The van der Waals surface area contributed by atoms with Gasteiger partial charge >= 0.3 is 0 Å². The minimum Gasteiger partial charge on any atom is -0.349 e. The predicted octanol–water partition coefficient (Wildman–Crippen LogP) is 3.79. The van der Waals surface area contributed by atoms with Crippen molar-refractivity contribution in [2.45, 2.75) is 55.9 Å². The van der Waals surface area contributed by atoms with Gasteiger partial charge in [-0.1, -0.05) is 49.6 Å². The van der Waals surface area contributed by atoms with Crippen molar-refractivity contribution in [3.8, 4) is 0 Å². The summed E-state index contributed by atoms with van der Waals surface area (Å²) in [5, 5.41) is 5.98. The molecule has 0 bridgehead atoms. The zero-order valence-corrected chi connectivity index (χ0v) is 19.5. The van der Waals surface area contributed by atoms with Crippen molar-refractivity contribution in [1.82, 2.24) is 9.62 Å². The Morgan fingerprint density at radius 1 is 0.848 bits per heavy atom. The molecular formula is C25H31N3O4S. The molecule has 33 heavy (non-hydrogen) atoms. The third kappa shape index (κ3) is 5.62. The lowest BCUT2D eigenvalue weighted by atomic mass is 9.95. The Hall–Kier alpha value is -2.71. The zero-order valence-electron chi connectivity index (χ0n) is 18.7. The maximum Gasteiger partial charge on any atom is 0.253 e. The number of rotatable bonds is 6. The van der Waals surface area contributed by atoms with Crippen LogP contribution >= 0.6 is 0 Å². The van der Waals surface area contributed by atoms with Gasteiger partial charge in [0.2, 0.25) is 15.9 Å². The highest BCUT2D eigenvalue weighted by Gasteiger charge is 2.33. The molecule has 2 fully saturated rings. The molecule has 2 aromatic rings. The average molecular weight is 470 g/mol. The minimum atomic E-state index is -3.65. The van der Waals surface area contributed by atoms with E-state index in [2.05, 4.69) is 10.6 Å². The van der Waals surface area contributed by atoms with E-state index >= 15 is 0 Å². The first kappa shape index (κ1) is 23.4. The fraction of sp³-hybridized carbons (Fsp3) is 0.440. The first-order valence-corrected chi connectivity index (χ1v) is 13.1. The molecule has 2 aliphatic rings. The summed E-state index contributed by atoms with van der Waals surface area (Å²) >= 11 is 0. The Morgan fingerprint density at radius 2 is 1.55 bits per heavy atom. The molecule has 176 valence electrons. The number of carbonyl (C=O) groups excluding carboxylic acids is 2. The van der Waals surface area contributed by atoms with Gasteiger partial charge in [0.25, 0.3) is 5.91 Å². The highest BCUT2D eigenvalue weighted by Crippen LogP contribution is 2.26. The van der Waals surface area contributed by atoms with E-state index < -0.39 is 15.9 Å². The van der Waals surface area contributed by atoms with Gasteiger partial charge in [-0.25, -0.2) is 8.42 Å². The Kier molecular flexibility index (Phi) is 7.45. The lowest BCUT2D eigenvalue weighted by molar-refractivity contribution is -0.120. The number of para-hydroxylation sites is 1. The van der Waals surface area contributed by atoms with Crippen LogP contribution in [-0.4, -0.2) is 43.7 Å². The summed E-state index contributed by atoms with van der Waals surface area (Å²) in [6.07, 6.45) is 6.61. The SMILES string of the molecule is O=C(NC1CCCCC1)c1ccccc1NC(=O)[C@H]1CCCN(S(=O)(=O)c2ccccc2)C1. The van der Waals surface area contributed by atoms with Crippen LogP contribution in [0.15, 0.2) is 59.5 Å². The van der Waals surface area contributed by atoms with E-state index in [0.717, 1.165) is 25.7 Å². The molecule has 1 aliphatic heterocycles. The predicted molar refractivity (Wildman–Crippen MR) is 127 cm³/mol. The summed E-state index contributed by atoms with van der Waals surface area (Å²) in [5.41, 5.74) is 0.889. The molecular weight excluding hydrogens is 438 g/mol. The molecule has 1 aliphatic carbocycles. The number of nitrogens with zero attached hydrogens (tertiary/aromatic N) is 1. The van der Waals surface area contributed by atoms with Gasteiger partial charge in [0.1, 0.15) is 0 Å².